The van der Waals surface area contributed by atoms with Crippen molar-refractivity contribution in [3.8, 4) is 0 Å². The number of nitrogens with zero attached hydrogens (tertiary/aromatic N) is 1. The van der Waals surface area contributed by atoms with E-state index in [-0.39, 0.29) is 12.1 Å². The molecule has 1 rings (SSSR count). The average molecular weight is 299 g/mol. The molecule has 1 amide bonds. The monoisotopic (exact) mass is 299 g/mol. The van der Waals surface area contributed by atoms with Crippen molar-refractivity contribution in [2.45, 2.75) is 59.2 Å². The van der Waals surface area contributed by atoms with Crippen LogP contribution in [0.1, 0.15) is 47.5 Å². The lowest BCUT2D eigenvalue weighted by atomic mass is 9.80. The van der Waals surface area contributed by atoms with E-state index in [2.05, 4.69) is 0 Å². The van der Waals surface area contributed by atoms with Gasteiger partial charge in [-0.05, 0) is 47.5 Å². The maximum Gasteiger partial charge on any atom is 0.410 e. The molecule has 0 aromatic heterocycles. The highest BCUT2D eigenvalue weighted by molar-refractivity contribution is 5.79. The number of carbonyl (C=O) groups excluding carboxylic acids is 3. The van der Waals surface area contributed by atoms with E-state index in [1.165, 1.54) is 6.92 Å². The second kappa shape index (κ2) is 6.45. The van der Waals surface area contributed by atoms with Gasteiger partial charge in [0.15, 0.2) is 12.4 Å². The van der Waals surface area contributed by atoms with Crippen LogP contribution in [0.5, 0.6) is 0 Å². The predicted octanol–water partition coefficient (Wildman–Crippen LogP) is 2.15. The highest BCUT2D eigenvalue weighted by atomic mass is 16.6. The SMILES string of the molecule is CC(C=O)OC(=O)C1(C)CCN(C(=O)OC(C)(C)C)CC1. The summed E-state index contributed by atoms with van der Waals surface area (Å²) < 4.78 is 10.4. The van der Waals surface area contributed by atoms with Gasteiger partial charge < -0.3 is 14.4 Å². The standard InChI is InChI=1S/C15H25NO5/c1-11(10-17)20-12(18)15(5)6-8-16(9-7-15)13(19)21-14(2,3)4/h10-11H,6-9H2,1-5H3. The minimum Gasteiger partial charge on any atom is -0.455 e. The molecular formula is C15H25NO5. The summed E-state index contributed by atoms with van der Waals surface area (Å²) in [5, 5.41) is 0. The number of hydrogen-bond donors (Lipinski definition) is 0. The number of likely N-dealkylation sites (tertiary alicyclic amines) is 1. The normalized spacial score (nSPS) is 19.6. The van der Waals surface area contributed by atoms with Crippen LogP contribution in [0.15, 0.2) is 0 Å². The third-order valence-electron chi connectivity index (χ3n) is 3.50. The smallest absolute Gasteiger partial charge is 0.410 e. The van der Waals surface area contributed by atoms with Gasteiger partial charge in [-0.25, -0.2) is 4.79 Å². The molecule has 1 fully saturated rings. The molecule has 0 spiro atoms. The summed E-state index contributed by atoms with van der Waals surface area (Å²) in [6, 6.07) is 0. The predicted molar refractivity (Wildman–Crippen MR) is 76.8 cm³/mol. The van der Waals surface area contributed by atoms with Crippen molar-refractivity contribution in [3.63, 3.8) is 0 Å². The lowest BCUT2D eigenvalue weighted by molar-refractivity contribution is -0.163. The Morgan fingerprint density at radius 3 is 2.19 bits per heavy atom. The van der Waals surface area contributed by atoms with E-state index >= 15 is 0 Å². The van der Waals surface area contributed by atoms with Crippen LogP contribution < -0.4 is 0 Å². The molecule has 1 atom stereocenters. The number of hydrogen-bond acceptors (Lipinski definition) is 5. The number of ether oxygens (including phenoxy) is 2. The molecule has 6 nitrogen and oxygen atoms in total. The summed E-state index contributed by atoms with van der Waals surface area (Å²) in [5.74, 6) is -0.383. The van der Waals surface area contributed by atoms with Crippen LogP contribution in [0.25, 0.3) is 0 Å². The van der Waals surface area contributed by atoms with Gasteiger partial charge in [0.05, 0.1) is 5.41 Å². The lowest BCUT2D eigenvalue weighted by Crippen LogP contribution is -2.47. The largest absolute Gasteiger partial charge is 0.455 e. The molecule has 6 heteroatoms. The van der Waals surface area contributed by atoms with E-state index in [0.29, 0.717) is 32.2 Å². The molecule has 1 heterocycles. The molecule has 0 N–H and O–H groups in total. The first kappa shape index (κ1) is 17.5. The topological polar surface area (TPSA) is 72.9 Å². The zero-order valence-corrected chi connectivity index (χ0v) is 13.5. The number of piperidine rings is 1. The Labute approximate surface area is 125 Å². The third kappa shape index (κ3) is 5.02. The highest BCUT2D eigenvalue weighted by Gasteiger charge is 2.40. The van der Waals surface area contributed by atoms with Gasteiger partial charge in [-0.15, -0.1) is 0 Å². The first-order valence-corrected chi connectivity index (χ1v) is 7.22. The number of rotatable bonds is 3. The fourth-order valence-corrected chi connectivity index (χ4v) is 2.05. The van der Waals surface area contributed by atoms with Crippen molar-refractivity contribution in [3.05, 3.63) is 0 Å². The van der Waals surface area contributed by atoms with Crippen LogP contribution in [-0.4, -0.2) is 48.0 Å². The van der Waals surface area contributed by atoms with Crippen molar-refractivity contribution in [1.82, 2.24) is 4.90 Å². The van der Waals surface area contributed by atoms with Gasteiger partial charge in [0.2, 0.25) is 0 Å². The second-order valence-corrected chi connectivity index (χ2v) is 6.77. The second-order valence-electron chi connectivity index (χ2n) is 6.77. The third-order valence-corrected chi connectivity index (χ3v) is 3.50. The average Bonchev–Trinajstić information content (AvgIpc) is 2.37. The van der Waals surface area contributed by atoms with Crippen LogP contribution in [0.2, 0.25) is 0 Å². The Bertz CT molecular complexity index is 405. The Morgan fingerprint density at radius 2 is 1.76 bits per heavy atom. The summed E-state index contributed by atoms with van der Waals surface area (Å²) in [4.78, 5) is 36.2. The van der Waals surface area contributed by atoms with Crippen molar-refractivity contribution in [2.24, 2.45) is 5.41 Å². The molecule has 120 valence electrons. The molecule has 0 radical (unpaired) electrons. The zero-order valence-electron chi connectivity index (χ0n) is 13.5. The molecular weight excluding hydrogens is 274 g/mol. The quantitative estimate of drug-likeness (QED) is 0.590. The molecule has 0 aromatic carbocycles. The van der Waals surface area contributed by atoms with E-state index in [0.717, 1.165) is 0 Å². The van der Waals surface area contributed by atoms with Gasteiger partial charge in [0.25, 0.3) is 0 Å². The van der Waals surface area contributed by atoms with Gasteiger partial charge in [-0.1, -0.05) is 0 Å². The molecule has 21 heavy (non-hydrogen) atoms. The van der Waals surface area contributed by atoms with Gasteiger partial charge in [-0.3, -0.25) is 9.59 Å². The summed E-state index contributed by atoms with van der Waals surface area (Å²) in [6.07, 6.45) is 0.488. The van der Waals surface area contributed by atoms with Crippen molar-refractivity contribution < 1.29 is 23.9 Å². The van der Waals surface area contributed by atoms with Crippen LogP contribution in [0, 0.1) is 5.41 Å². The maximum absolute atomic E-state index is 12.1. The molecule has 0 saturated carbocycles. The summed E-state index contributed by atoms with van der Waals surface area (Å²) in [5.41, 5.74) is -1.19. The first-order valence-electron chi connectivity index (χ1n) is 7.22. The summed E-state index contributed by atoms with van der Waals surface area (Å²) in [6.45, 7) is 9.67. The molecule has 0 aromatic rings. The van der Waals surface area contributed by atoms with E-state index < -0.39 is 17.1 Å². The molecule has 1 aliphatic heterocycles. The molecule has 1 unspecified atom stereocenters. The molecule has 0 bridgehead atoms. The lowest BCUT2D eigenvalue weighted by Gasteiger charge is -2.38. The number of carbonyl (C=O) groups is 3. The highest BCUT2D eigenvalue weighted by Crippen LogP contribution is 2.33. The zero-order chi connectivity index (χ0) is 16.3. The Hall–Kier alpha value is -1.59. The Kier molecular flexibility index (Phi) is 5.36. The molecule has 1 aliphatic rings. The summed E-state index contributed by atoms with van der Waals surface area (Å²) in [7, 11) is 0. The minimum atomic E-state index is -0.738. The number of esters is 1. The number of aldehydes is 1. The van der Waals surface area contributed by atoms with Crippen molar-refractivity contribution in [2.75, 3.05) is 13.1 Å². The van der Waals surface area contributed by atoms with Crippen molar-refractivity contribution in [1.29, 1.82) is 0 Å². The van der Waals surface area contributed by atoms with E-state index in [9.17, 15) is 14.4 Å². The Morgan fingerprint density at radius 1 is 1.24 bits per heavy atom. The van der Waals surface area contributed by atoms with E-state index in [1.807, 2.05) is 20.8 Å². The first-order chi connectivity index (χ1) is 9.57. The maximum atomic E-state index is 12.1. The van der Waals surface area contributed by atoms with Crippen LogP contribution in [0.3, 0.4) is 0 Å². The molecule has 0 aliphatic carbocycles. The van der Waals surface area contributed by atoms with Gasteiger partial charge in [-0.2, -0.15) is 0 Å². The van der Waals surface area contributed by atoms with Crippen LogP contribution >= 0.6 is 0 Å². The van der Waals surface area contributed by atoms with Gasteiger partial charge in [0.1, 0.15) is 5.60 Å². The van der Waals surface area contributed by atoms with Crippen molar-refractivity contribution >= 4 is 18.3 Å². The van der Waals surface area contributed by atoms with E-state index in [4.69, 9.17) is 9.47 Å². The van der Waals surface area contributed by atoms with Crippen LogP contribution in [0.4, 0.5) is 4.79 Å². The minimum absolute atomic E-state index is 0.362. The Balaban J connectivity index is 2.56. The fourth-order valence-electron chi connectivity index (χ4n) is 2.05. The van der Waals surface area contributed by atoms with Crippen LogP contribution in [-0.2, 0) is 19.1 Å². The summed E-state index contributed by atoms with van der Waals surface area (Å²) >= 11 is 0. The van der Waals surface area contributed by atoms with Gasteiger partial charge in [0, 0.05) is 13.1 Å². The van der Waals surface area contributed by atoms with E-state index in [1.54, 1.807) is 11.8 Å². The number of amides is 1. The van der Waals surface area contributed by atoms with Gasteiger partial charge >= 0.3 is 12.1 Å². The fraction of sp³-hybridized carbons (Fsp3) is 0.800. The molecule has 1 saturated heterocycles.